The van der Waals surface area contributed by atoms with E-state index in [1.165, 1.54) is 72.4 Å². The molecule has 0 bridgehead atoms. The van der Waals surface area contributed by atoms with Gasteiger partial charge in [0.05, 0.1) is 5.69 Å². The van der Waals surface area contributed by atoms with Crippen LogP contribution in [0.1, 0.15) is 41.7 Å². The standard InChI is InChI=1S/C64H48N2/c1-63(2)59-29-17-15-27-55(59)57-41-40-54(44-61(57)63)65(51-36-31-46(32-37-51)45-19-7-3-8-20-45)52-38-33-47(34-39-52)48-35-42-62-58(43-48)56-28-16-18-30-60(56)64(49-21-9-4-10-22-49,50-23-11-5-12-24-50)66(62)53-25-13-6-14-26-53/h3-44H,1-2H3. The van der Waals surface area contributed by atoms with Crippen LogP contribution in [-0.2, 0) is 11.0 Å². The maximum atomic E-state index is 2.57. The second kappa shape index (κ2) is 15.8. The Bertz CT molecular complexity index is 3320. The minimum atomic E-state index is -0.630. The summed E-state index contributed by atoms with van der Waals surface area (Å²) in [7, 11) is 0. The van der Waals surface area contributed by atoms with E-state index in [4.69, 9.17) is 0 Å². The van der Waals surface area contributed by atoms with Crippen LogP contribution in [0.15, 0.2) is 255 Å². The van der Waals surface area contributed by atoms with E-state index in [2.05, 4.69) is 278 Å². The topological polar surface area (TPSA) is 6.48 Å². The third-order valence-electron chi connectivity index (χ3n) is 14.1. The highest BCUT2D eigenvalue weighted by Crippen LogP contribution is 2.58. The van der Waals surface area contributed by atoms with Crippen molar-refractivity contribution < 1.29 is 0 Å². The average molecular weight is 845 g/mol. The van der Waals surface area contributed by atoms with E-state index in [1.54, 1.807) is 0 Å². The molecule has 0 unspecified atom stereocenters. The third-order valence-corrected chi connectivity index (χ3v) is 14.1. The van der Waals surface area contributed by atoms with Crippen LogP contribution >= 0.6 is 0 Å². The van der Waals surface area contributed by atoms with Gasteiger partial charge in [0.1, 0.15) is 5.54 Å². The van der Waals surface area contributed by atoms with Crippen LogP contribution < -0.4 is 9.80 Å². The lowest BCUT2D eigenvalue weighted by Gasteiger charge is -2.51. The van der Waals surface area contributed by atoms with Crippen LogP contribution in [0.3, 0.4) is 0 Å². The maximum absolute atomic E-state index is 2.57. The SMILES string of the molecule is CC1(C)c2ccccc2-c2ccc(N(c3ccc(-c4ccccc4)cc3)c3ccc(-c4ccc5c(c4)-c4ccccc4C(c4ccccc4)(c4ccccc4)N5c4ccccc4)cc3)cc21. The summed E-state index contributed by atoms with van der Waals surface area (Å²) in [6.07, 6.45) is 0. The lowest BCUT2D eigenvalue weighted by atomic mass is 9.69. The smallest absolute Gasteiger partial charge is 0.121 e. The van der Waals surface area contributed by atoms with Crippen LogP contribution in [0.2, 0.25) is 0 Å². The van der Waals surface area contributed by atoms with E-state index in [1.807, 2.05) is 0 Å². The van der Waals surface area contributed by atoms with Crippen molar-refractivity contribution in [2.45, 2.75) is 24.8 Å². The molecule has 2 nitrogen and oxygen atoms in total. The number of hydrogen-bond donors (Lipinski definition) is 0. The van der Waals surface area contributed by atoms with Crippen molar-refractivity contribution in [2.75, 3.05) is 9.80 Å². The summed E-state index contributed by atoms with van der Waals surface area (Å²) in [5.74, 6) is 0. The summed E-state index contributed by atoms with van der Waals surface area (Å²) in [5.41, 5.74) is 21.2. The van der Waals surface area contributed by atoms with Crippen LogP contribution in [0, 0.1) is 0 Å². The Morgan fingerprint density at radius 2 is 0.758 bits per heavy atom. The Kier molecular flexibility index (Phi) is 9.43. The van der Waals surface area contributed by atoms with Gasteiger partial charge in [-0.3, -0.25) is 0 Å². The lowest BCUT2D eigenvalue weighted by molar-refractivity contribution is 0.622. The monoisotopic (exact) mass is 844 g/mol. The fraction of sp³-hybridized carbons (Fsp3) is 0.0625. The fourth-order valence-electron chi connectivity index (χ4n) is 11.0. The summed E-state index contributed by atoms with van der Waals surface area (Å²) < 4.78 is 0. The van der Waals surface area contributed by atoms with Gasteiger partial charge in [0.2, 0.25) is 0 Å². The molecule has 0 amide bonds. The first kappa shape index (κ1) is 39.4. The molecule has 0 fully saturated rings. The third kappa shape index (κ3) is 6.25. The molecule has 1 heterocycles. The largest absolute Gasteiger partial charge is 0.322 e. The van der Waals surface area contributed by atoms with Crippen molar-refractivity contribution in [3.05, 3.63) is 283 Å². The zero-order chi connectivity index (χ0) is 44.2. The normalized spacial score (nSPS) is 13.8. The summed E-state index contributed by atoms with van der Waals surface area (Å²) in [5, 5.41) is 0. The molecule has 0 N–H and O–H groups in total. The lowest BCUT2D eigenvalue weighted by Crippen LogP contribution is -2.48. The minimum Gasteiger partial charge on any atom is -0.322 e. The number of anilines is 5. The summed E-state index contributed by atoms with van der Waals surface area (Å²) >= 11 is 0. The van der Waals surface area contributed by atoms with Crippen LogP contribution in [0.5, 0.6) is 0 Å². The number of benzene rings is 10. The molecule has 0 aromatic heterocycles. The molecule has 2 aliphatic rings. The van der Waals surface area contributed by atoms with Crippen molar-refractivity contribution >= 4 is 28.4 Å². The minimum absolute atomic E-state index is 0.113. The molecule has 1 aliphatic carbocycles. The number of fused-ring (bicyclic) bond motifs is 6. The molecule has 12 rings (SSSR count). The van der Waals surface area contributed by atoms with Gasteiger partial charge in [-0.25, -0.2) is 0 Å². The molecule has 314 valence electrons. The molecule has 10 aromatic rings. The number of hydrogen-bond acceptors (Lipinski definition) is 2. The Morgan fingerprint density at radius 1 is 0.318 bits per heavy atom. The Morgan fingerprint density at radius 3 is 1.36 bits per heavy atom. The molecule has 0 saturated carbocycles. The highest BCUT2D eigenvalue weighted by Gasteiger charge is 2.48. The molecule has 0 radical (unpaired) electrons. The van der Waals surface area contributed by atoms with Crippen LogP contribution in [-0.4, -0.2) is 0 Å². The van der Waals surface area contributed by atoms with E-state index in [9.17, 15) is 0 Å². The highest BCUT2D eigenvalue weighted by molar-refractivity contribution is 5.95. The van der Waals surface area contributed by atoms with Crippen LogP contribution in [0.25, 0.3) is 44.5 Å². The van der Waals surface area contributed by atoms with Crippen molar-refractivity contribution in [1.82, 2.24) is 0 Å². The zero-order valence-corrected chi connectivity index (χ0v) is 37.1. The predicted octanol–water partition coefficient (Wildman–Crippen LogP) is 16.9. The van der Waals surface area contributed by atoms with Crippen LogP contribution in [0.4, 0.5) is 28.4 Å². The second-order valence-electron chi connectivity index (χ2n) is 18.1. The Labute approximate surface area is 388 Å². The van der Waals surface area contributed by atoms with E-state index < -0.39 is 5.54 Å². The van der Waals surface area contributed by atoms with Gasteiger partial charge in [-0.05, 0) is 127 Å². The predicted molar refractivity (Wildman–Crippen MR) is 276 cm³/mol. The Hall–Kier alpha value is -8.20. The Balaban J connectivity index is 0.984. The molecule has 10 aromatic carbocycles. The first-order valence-electron chi connectivity index (χ1n) is 23.0. The maximum Gasteiger partial charge on any atom is 0.121 e. The highest BCUT2D eigenvalue weighted by atomic mass is 15.2. The van der Waals surface area contributed by atoms with Crippen molar-refractivity contribution in [2.24, 2.45) is 0 Å². The van der Waals surface area contributed by atoms with Gasteiger partial charge in [-0.2, -0.15) is 0 Å². The quantitative estimate of drug-likeness (QED) is 0.150. The van der Waals surface area contributed by atoms with Gasteiger partial charge in [-0.1, -0.05) is 208 Å². The number of para-hydroxylation sites is 1. The first-order chi connectivity index (χ1) is 32.5. The van der Waals surface area contributed by atoms with Gasteiger partial charge in [0.15, 0.2) is 0 Å². The van der Waals surface area contributed by atoms with Gasteiger partial charge < -0.3 is 9.80 Å². The summed E-state index contributed by atoms with van der Waals surface area (Å²) in [4.78, 5) is 4.98. The average Bonchev–Trinajstić information content (AvgIpc) is 3.62. The zero-order valence-electron chi connectivity index (χ0n) is 37.1. The van der Waals surface area contributed by atoms with Gasteiger partial charge in [0, 0.05) is 33.7 Å². The molecule has 0 saturated heterocycles. The van der Waals surface area contributed by atoms with E-state index in [-0.39, 0.29) is 5.41 Å². The van der Waals surface area contributed by atoms with E-state index in [0.29, 0.717) is 0 Å². The molecule has 1 aliphatic heterocycles. The molecule has 66 heavy (non-hydrogen) atoms. The number of rotatable bonds is 8. The summed E-state index contributed by atoms with van der Waals surface area (Å²) in [6.45, 7) is 4.71. The molecular formula is C64H48N2. The molecule has 0 spiro atoms. The van der Waals surface area contributed by atoms with E-state index in [0.717, 1.165) is 28.3 Å². The van der Waals surface area contributed by atoms with Crippen molar-refractivity contribution in [3.8, 4) is 44.5 Å². The van der Waals surface area contributed by atoms with Crippen molar-refractivity contribution in [3.63, 3.8) is 0 Å². The molecular weight excluding hydrogens is 797 g/mol. The fourth-order valence-corrected chi connectivity index (χ4v) is 11.0. The second-order valence-corrected chi connectivity index (χ2v) is 18.1. The number of nitrogens with zero attached hydrogens (tertiary/aromatic N) is 2. The first-order valence-corrected chi connectivity index (χ1v) is 23.0. The van der Waals surface area contributed by atoms with Crippen molar-refractivity contribution in [1.29, 1.82) is 0 Å². The summed E-state index contributed by atoms with van der Waals surface area (Å²) in [6, 6.07) is 93.6. The molecule has 2 heteroatoms. The van der Waals surface area contributed by atoms with Gasteiger partial charge in [-0.15, -0.1) is 0 Å². The van der Waals surface area contributed by atoms with Gasteiger partial charge in [0.25, 0.3) is 0 Å². The molecule has 0 atom stereocenters. The van der Waals surface area contributed by atoms with E-state index >= 15 is 0 Å². The van der Waals surface area contributed by atoms with Gasteiger partial charge >= 0.3 is 0 Å².